The molecule has 0 aliphatic carbocycles. The fourth-order valence-electron chi connectivity index (χ4n) is 5.32. The molecule has 0 radical (unpaired) electrons. The van der Waals surface area contributed by atoms with Gasteiger partial charge in [-0.1, -0.05) is 60.7 Å². The fourth-order valence-corrected chi connectivity index (χ4v) is 5.32. The lowest BCUT2D eigenvalue weighted by atomic mass is 9.69. The minimum atomic E-state index is -0.753. The Morgan fingerprint density at radius 2 is 1.58 bits per heavy atom. The van der Waals surface area contributed by atoms with Gasteiger partial charge in [-0.2, -0.15) is 0 Å². The molecule has 2 saturated heterocycles. The SMILES string of the molecule is CC(CC(C(=O)N1CCCC1)(c1ccccc1)c1ccccc1)N1CC[C@H](N)[C@@H](O)C1. The number of β-amino-alcohol motifs (C(OH)–C–C–N with tert-alkyl or cyclic N) is 1. The predicted octanol–water partition coefficient (Wildman–Crippen LogP) is 2.77. The number of carbonyl (C=O) groups is 1. The van der Waals surface area contributed by atoms with Crippen molar-refractivity contribution in [2.24, 2.45) is 5.73 Å². The predicted molar refractivity (Wildman–Crippen MR) is 124 cm³/mol. The smallest absolute Gasteiger partial charge is 0.237 e. The second-order valence-corrected chi connectivity index (χ2v) is 9.20. The van der Waals surface area contributed by atoms with Crippen LogP contribution in [0, 0.1) is 0 Å². The molecule has 5 nitrogen and oxygen atoms in total. The number of piperidine rings is 1. The molecule has 0 spiro atoms. The van der Waals surface area contributed by atoms with E-state index in [9.17, 15) is 9.90 Å². The number of likely N-dealkylation sites (tertiary alicyclic amines) is 2. The highest BCUT2D eigenvalue weighted by atomic mass is 16.3. The molecular formula is C26H35N3O2. The Morgan fingerprint density at radius 3 is 2.10 bits per heavy atom. The number of carbonyl (C=O) groups excluding carboxylic acids is 1. The third-order valence-electron chi connectivity index (χ3n) is 7.18. The Morgan fingerprint density at radius 1 is 1.03 bits per heavy atom. The number of amides is 1. The van der Waals surface area contributed by atoms with E-state index in [0.717, 1.165) is 50.0 Å². The first-order chi connectivity index (χ1) is 15.0. The summed E-state index contributed by atoms with van der Waals surface area (Å²) in [6.07, 6.45) is 3.05. The molecule has 1 amide bonds. The van der Waals surface area contributed by atoms with Crippen molar-refractivity contribution >= 4 is 5.91 Å². The number of aliphatic hydroxyl groups excluding tert-OH is 1. The fraction of sp³-hybridized carbons (Fsp3) is 0.500. The zero-order valence-electron chi connectivity index (χ0n) is 18.5. The van der Waals surface area contributed by atoms with E-state index in [4.69, 9.17) is 5.73 Å². The number of hydrogen-bond acceptors (Lipinski definition) is 4. The van der Waals surface area contributed by atoms with Crippen LogP contribution in [0.5, 0.6) is 0 Å². The molecule has 2 aliphatic rings. The summed E-state index contributed by atoms with van der Waals surface area (Å²) >= 11 is 0. The third kappa shape index (κ3) is 4.40. The second-order valence-electron chi connectivity index (χ2n) is 9.20. The summed E-state index contributed by atoms with van der Waals surface area (Å²) in [5.74, 6) is 0.198. The van der Waals surface area contributed by atoms with Crippen LogP contribution in [0.25, 0.3) is 0 Å². The monoisotopic (exact) mass is 421 g/mol. The zero-order valence-corrected chi connectivity index (χ0v) is 18.5. The van der Waals surface area contributed by atoms with Crippen LogP contribution in [0.2, 0.25) is 0 Å². The highest BCUT2D eigenvalue weighted by Gasteiger charge is 2.46. The normalized spacial score (nSPS) is 23.6. The van der Waals surface area contributed by atoms with Gasteiger partial charge in [0.2, 0.25) is 5.91 Å². The average Bonchev–Trinajstić information content (AvgIpc) is 3.35. The van der Waals surface area contributed by atoms with Gasteiger partial charge in [-0.15, -0.1) is 0 Å². The lowest BCUT2D eigenvalue weighted by Crippen LogP contribution is -2.55. The van der Waals surface area contributed by atoms with Gasteiger partial charge in [-0.05, 0) is 43.7 Å². The molecule has 166 valence electrons. The van der Waals surface area contributed by atoms with E-state index >= 15 is 0 Å². The van der Waals surface area contributed by atoms with Crippen molar-refractivity contribution in [2.45, 2.75) is 56.2 Å². The van der Waals surface area contributed by atoms with Gasteiger partial charge in [0.15, 0.2) is 0 Å². The maximum Gasteiger partial charge on any atom is 0.237 e. The Hall–Kier alpha value is -2.21. The van der Waals surface area contributed by atoms with Gasteiger partial charge >= 0.3 is 0 Å². The van der Waals surface area contributed by atoms with E-state index < -0.39 is 11.5 Å². The number of hydrogen-bond donors (Lipinski definition) is 2. The number of rotatable bonds is 6. The van der Waals surface area contributed by atoms with E-state index in [1.54, 1.807) is 0 Å². The van der Waals surface area contributed by atoms with Crippen LogP contribution in [-0.4, -0.2) is 65.2 Å². The van der Waals surface area contributed by atoms with Gasteiger partial charge in [0.1, 0.15) is 5.41 Å². The molecule has 5 heteroatoms. The van der Waals surface area contributed by atoms with Crippen molar-refractivity contribution in [1.29, 1.82) is 0 Å². The number of benzene rings is 2. The van der Waals surface area contributed by atoms with Crippen LogP contribution in [-0.2, 0) is 10.2 Å². The van der Waals surface area contributed by atoms with Crippen molar-refractivity contribution in [2.75, 3.05) is 26.2 Å². The zero-order chi connectivity index (χ0) is 21.8. The van der Waals surface area contributed by atoms with Gasteiger partial charge in [-0.3, -0.25) is 9.69 Å². The van der Waals surface area contributed by atoms with Gasteiger partial charge in [0.25, 0.3) is 0 Å². The van der Waals surface area contributed by atoms with Crippen molar-refractivity contribution in [3.63, 3.8) is 0 Å². The van der Waals surface area contributed by atoms with Crippen molar-refractivity contribution < 1.29 is 9.90 Å². The summed E-state index contributed by atoms with van der Waals surface area (Å²) in [7, 11) is 0. The van der Waals surface area contributed by atoms with Gasteiger partial charge < -0.3 is 15.7 Å². The Balaban J connectivity index is 1.76. The molecule has 4 rings (SSSR count). The van der Waals surface area contributed by atoms with Crippen LogP contribution in [0.4, 0.5) is 0 Å². The first-order valence-corrected chi connectivity index (χ1v) is 11.6. The lowest BCUT2D eigenvalue weighted by Gasteiger charge is -2.43. The molecule has 1 unspecified atom stereocenters. The Bertz CT molecular complexity index is 812. The third-order valence-corrected chi connectivity index (χ3v) is 7.18. The number of nitrogens with zero attached hydrogens (tertiary/aromatic N) is 2. The second kappa shape index (κ2) is 9.51. The van der Waals surface area contributed by atoms with Crippen LogP contribution in [0.1, 0.15) is 43.7 Å². The number of nitrogens with two attached hydrogens (primary N) is 1. The molecule has 2 aromatic rings. The minimum Gasteiger partial charge on any atom is -0.390 e. The van der Waals surface area contributed by atoms with Gasteiger partial charge in [0, 0.05) is 38.3 Å². The van der Waals surface area contributed by atoms with E-state index in [0.29, 0.717) is 13.0 Å². The minimum absolute atomic E-state index is 0.120. The topological polar surface area (TPSA) is 69.8 Å². The summed E-state index contributed by atoms with van der Waals surface area (Å²) < 4.78 is 0. The summed E-state index contributed by atoms with van der Waals surface area (Å²) in [6.45, 7) is 5.23. The largest absolute Gasteiger partial charge is 0.390 e. The quantitative estimate of drug-likeness (QED) is 0.753. The van der Waals surface area contributed by atoms with Crippen molar-refractivity contribution in [3.8, 4) is 0 Å². The maximum atomic E-state index is 14.2. The van der Waals surface area contributed by atoms with E-state index in [1.807, 2.05) is 41.3 Å². The molecule has 31 heavy (non-hydrogen) atoms. The molecule has 2 fully saturated rings. The molecule has 3 N–H and O–H groups in total. The molecule has 3 atom stereocenters. The Labute approximate surface area is 185 Å². The molecule has 2 heterocycles. The summed E-state index contributed by atoms with van der Waals surface area (Å²) in [5.41, 5.74) is 7.37. The van der Waals surface area contributed by atoms with Gasteiger partial charge in [0.05, 0.1) is 6.10 Å². The molecule has 0 bridgehead atoms. The molecule has 0 saturated carbocycles. The average molecular weight is 422 g/mol. The van der Waals surface area contributed by atoms with E-state index in [2.05, 4.69) is 36.1 Å². The maximum absolute atomic E-state index is 14.2. The van der Waals surface area contributed by atoms with Crippen LogP contribution >= 0.6 is 0 Å². The molecular weight excluding hydrogens is 386 g/mol. The van der Waals surface area contributed by atoms with E-state index in [1.165, 1.54) is 0 Å². The van der Waals surface area contributed by atoms with Crippen LogP contribution in [0.15, 0.2) is 60.7 Å². The lowest BCUT2D eigenvalue weighted by molar-refractivity contribution is -0.135. The summed E-state index contributed by atoms with van der Waals surface area (Å²) in [4.78, 5) is 18.6. The van der Waals surface area contributed by atoms with Crippen LogP contribution in [0.3, 0.4) is 0 Å². The first-order valence-electron chi connectivity index (χ1n) is 11.6. The van der Waals surface area contributed by atoms with Crippen molar-refractivity contribution in [3.05, 3.63) is 71.8 Å². The van der Waals surface area contributed by atoms with Crippen molar-refractivity contribution in [1.82, 2.24) is 9.80 Å². The van der Waals surface area contributed by atoms with Gasteiger partial charge in [-0.25, -0.2) is 0 Å². The molecule has 2 aliphatic heterocycles. The number of aliphatic hydroxyl groups is 1. The first kappa shape index (κ1) is 22.0. The Kier molecular flexibility index (Phi) is 6.75. The molecule has 0 aromatic heterocycles. The van der Waals surface area contributed by atoms with Crippen LogP contribution < -0.4 is 5.73 Å². The van der Waals surface area contributed by atoms with E-state index in [-0.39, 0.29) is 18.0 Å². The highest BCUT2D eigenvalue weighted by molar-refractivity contribution is 5.92. The summed E-state index contributed by atoms with van der Waals surface area (Å²) in [5, 5.41) is 10.4. The standard InChI is InChI=1S/C26H35N3O2/c1-20(29-17-14-23(27)24(30)19-29)18-26(21-10-4-2-5-11-21,22-12-6-3-7-13-22)25(31)28-15-8-9-16-28/h2-7,10-13,20,23-24,30H,8-9,14-19,27H2,1H3/t20?,23-,24-/m0/s1. The summed E-state index contributed by atoms with van der Waals surface area (Å²) in [6, 6.07) is 20.4. The highest BCUT2D eigenvalue weighted by Crippen LogP contribution is 2.40. The molecule has 2 aromatic carbocycles.